The summed E-state index contributed by atoms with van der Waals surface area (Å²) in [4.78, 5) is 64.4. The van der Waals surface area contributed by atoms with Crippen molar-refractivity contribution < 1.29 is 24.3 Å². The Morgan fingerprint density at radius 1 is 0.975 bits per heavy atom. The summed E-state index contributed by atoms with van der Waals surface area (Å²) in [6, 6.07) is 3.90. The van der Waals surface area contributed by atoms with Crippen molar-refractivity contribution in [1.29, 1.82) is 0 Å². The van der Waals surface area contributed by atoms with Crippen LogP contribution in [-0.2, 0) is 32.0 Å². The van der Waals surface area contributed by atoms with E-state index in [-0.39, 0.29) is 38.3 Å². The van der Waals surface area contributed by atoms with E-state index in [1.165, 1.54) is 12.5 Å². The molecule has 0 saturated heterocycles. The minimum absolute atomic E-state index is 0.00971. The number of para-hydroxylation sites is 1. The number of aromatic nitrogens is 3. The zero-order valence-electron chi connectivity index (χ0n) is 21.7. The van der Waals surface area contributed by atoms with E-state index in [0.717, 1.165) is 10.9 Å². The fraction of sp³-hybridized carbons (Fsp3) is 0.360. The first kappa shape index (κ1) is 29.6. The normalized spacial score (nSPS) is 13.1. The van der Waals surface area contributed by atoms with Crippen LogP contribution in [0, 0.1) is 0 Å². The Balaban J connectivity index is 1.76. The first-order chi connectivity index (χ1) is 19.2. The summed E-state index contributed by atoms with van der Waals surface area (Å²) in [5, 5.41) is 18.4. The molecule has 214 valence electrons. The van der Waals surface area contributed by atoms with Gasteiger partial charge in [0.25, 0.3) is 0 Å². The Kier molecular flexibility index (Phi) is 10.6. The number of rotatable bonds is 15. The number of carboxylic acids is 1. The minimum atomic E-state index is -1.28. The van der Waals surface area contributed by atoms with E-state index < -0.39 is 41.8 Å². The van der Waals surface area contributed by atoms with Gasteiger partial charge in [0.2, 0.25) is 17.7 Å². The second kappa shape index (κ2) is 14.3. The zero-order valence-corrected chi connectivity index (χ0v) is 21.7. The van der Waals surface area contributed by atoms with Crippen LogP contribution in [-0.4, -0.2) is 80.9 Å². The van der Waals surface area contributed by atoms with Gasteiger partial charge >= 0.3 is 5.97 Å². The Morgan fingerprint density at radius 2 is 1.70 bits per heavy atom. The number of nitrogens with two attached hydrogens (primary N) is 3. The van der Waals surface area contributed by atoms with Gasteiger partial charge in [0.05, 0.1) is 12.9 Å². The molecule has 3 aromatic rings. The lowest BCUT2D eigenvalue weighted by atomic mass is 10.0. The number of hydrogen-bond donors (Lipinski definition) is 9. The number of nitrogens with zero attached hydrogens (tertiary/aromatic N) is 2. The summed E-state index contributed by atoms with van der Waals surface area (Å²) in [5.74, 6) is -3.29. The van der Waals surface area contributed by atoms with Crippen LogP contribution in [0.15, 0.2) is 48.0 Å². The van der Waals surface area contributed by atoms with Crippen molar-refractivity contribution >= 4 is 40.6 Å². The third kappa shape index (κ3) is 8.56. The molecule has 2 heterocycles. The number of carbonyl (C=O) groups is 4. The Morgan fingerprint density at radius 3 is 2.38 bits per heavy atom. The molecular weight excluding hydrogens is 520 g/mol. The lowest BCUT2D eigenvalue weighted by Crippen LogP contribution is -2.57. The maximum Gasteiger partial charge on any atom is 0.326 e. The van der Waals surface area contributed by atoms with Crippen LogP contribution in [0.25, 0.3) is 10.9 Å². The number of H-pyrrole nitrogens is 2. The lowest BCUT2D eigenvalue weighted by Gasteiger charge is -2.24. The maximum absolute atomic E-state index is 13.4. The van der Waals surface area contributed by atoms with Gasteiger partial charge in [-0.3, -0.25) is 19.4 Å². The molecule has 3 unspecified atom stereocenters. The fourth-order valence-corrected chi connectivity index (χ4v) is 4.12. The van der Waals surface area contributed by atoms with Crippen LogP contribution in [0.3, 0.4) is 0 Å². The number of carboxylic acid groups (broad SMARTS) is 1. The van der Waals surface area contributed by atoms with Crippen molar-refractivity contribution in [2.45, 2.75) is 43.8 Å². The summed E-state index contributed by atoms with van der Waals surface area (Å²) >= 11 is 0. The van der Waals surface area contributed by atoms with Gasteiger partial charge < -0.3 is 48.2 Å². The van der Waals surface area contributed by atoms with E-state index in [0.29, 0.717) is 17.7 Å². The van der Waals surface area contributed by atoms with Gasteiger partial charge in [-0.1, -0.05) is 18.2 Å². The van der Waals surface area contributed by atoms with Crippen molar-refractivity contribution in [1.82, 2.24) is 30.9 Å². The van der Waals surface area contributed by atoms with Gasteiger partial charge in [-0.15, -0.1) is 0 Å². The molecule has 15 heteroatoms. The number of carbonyl (C=O) groups excluding carboxylic acids is 3. The Hall–Kier alpha value is -4.92. The molecule has 3 rings (SSSR count). The van der Waals surface area contributed by atoms with Gasteiger partial charge in [0.1, 0.15) is 18.1 Å². The Labute approximate surface area is 229 Å². The fourth-order valence-electron chi connectivity index (χ4n) is 4.12. The number of amides is 3. The summed E-state index contributed by atoms with van der Waals surface area (Å²) in [6.07, 6.45) is 5.10. The van der Waals surface area contributed by atoms with Crippen LogP contribution in [0.2, 0.25) is 0 Å². The molecular formula is C25H34N10O5. The Bertz CT molecular complexity index is 1330. The molecule has 0 fully saturated rings. The zero-order chi connectivity index (χ0) is 29.1. The van der Waals surface area contributed by atoms with E-state index in [9.17, 15) is 24.3 Å². The van der Waals surface area contributed by atoms with Crippen LogP contribution < -0.4 is 33.2 Å². The molecule has 2 aromatic heterocycles. The van der Waals surface area contributed by atoms with E-state index in [2.05, 4.69) is 35.9 Å². The first-order valence-electron chi connectivity index (χ1n) is 12.6. The largest absolute Gasteiger partial charge is 0.480 e. The maximum atomic E-state index is 13.4. The molecule has 0 spiro atoms. The van der Waals surface area contributed by atoms with Crippen LogP contribution >= 0.6 is 0 Å². The smallest absolute Gasteiger partial charge is 0.326 e. The second-order valence-corrected chi connectivity index (χ2v) is 9.08. The minimum Gasteiger partial charge on any atom is -0.480 e. The average Bonchev–Trinajstić information content (AvgIpc) is 3.59. The highest BCUT2D eigenvalue weighted by atomic mass is 16.4. The number of aromatic amines is 2. The van der Waals surface area contributed by atoms with E-state index in [1.807, 2.05) is 24.3 Å². The molecule has 0 radical (unpaired) electrons. The molecule has 15 nitrogen and oxygen atoms in total. The van der Waals surface area contributed by atoms with Gasteiger partial charge in [-0.2, -0.15) is 0 Å². The number of hydrogen-bond acceptors (Lipinski definition) is 7. The van der Waals surface area contributed by atoms with Crippen LogP contribution in [0.5, 0.6) is 0 Å². The number of aliphatic carboxylic acids is 1. The molecule has 0 aliphatic heterocycles. The first-order valence-corrected chi connectivity index (χ1v) is 12.6. The average molecular weight is 555 g/mol. The van der Waals surface area contributed by atoms with Gasteiger partial charge in [-0.05, 0) is 24.5 Å². The van der Waals surface area contributed by atoms with E-state index >= 15 is 0 Å². The summed E-state index contributed by atoms with van der Waals surface area (Å²) in [6.45, 7) is -0.124. The molecule has 40 heavy (non-hydrogen) atoms. The molecule has 1 aromatic carbocycles. The number of guanidine groups is 1. The van der Waals surface area contributed by atoms with Crippen molar-refractivity contribution in [3.8, 4) is 0 Å². The number of imidazole rings is 1. The third-order valence-electron chi connectivity index (χ3n) is 6.11. The van der Waals surface area contributed by atoms with Gasteiger partial charge in [0, 0.05) is 48.4 Å². The summed E-state index contributed by atoms with van der Waals surface area (Å²) in [5.41, 5.74) is 18.1. The molecule has 3 amide bonds. The highest BCUT2D eigenvalue weighted by Crippen LogP contribution is 2.19. The van der Waals surface area contributed by atoms with E-state index in [4.69, 9.17) is 17.2 Å². The third-order valence-corrected chi connectivity index (χ3v) is 6.11. The van der Waals surface area contributed by atoms with Gasteiger partial charge in [0.15, 0.2) is 5.96 Å². The van der Waals surface area contributed by atoms with Gasteiger partial charge in [-0.25, -0.2) is 9.78 Å². The van der Waals surface area contributed by atoms with Crippen LogP contribution in [0.4, 0.5) is 0 Å². The SMILES string of the molecule is NCC(=O)NC(CCCN=C(N)N)C(=O)NC(Cc1cnc[nH]1)C(=O)NC(Cc1c[nH]c2ccccc12)C(=O)O. The second-order valence-electron chi connectivity index (χ2n) is 9.08. The predicted molar refractivity (Wildman–Crippen MR) is 147 cm³/mol. The van der Waals surface area contributed by atoms with Crippen molar-refractivity contribution in [3.05, 3.63) is 54.2 Å². The van der Waals surface area contributed by atoms with Crippen molar-refractivity contribution in [3.63, 3.8) is 0 Å². The summed E-state index contributed by atoms with van der Waals surface area (Å²) in [7, 11) is 0. The molecule has 0 bridgehead atoms. The molecule has 3 atom stereocenters. The number of aliphatic imine (C=N–C) groups is 1. The summed E-state index contributed by atoms with van der Waals surface area (Å²) < 4.78 is 0. The van der Waals surface area contributed by atoms with Crippen LogP contribution in [0.1, 0.15) is 24.1 Å². The molecule has 0 aliphatic rings. The number of fused-ring (bicyclic) bond motifs is 1. The molecule has 0 aliphatic carbocycles. The topological polar surface area (TPSA) is 259 Å². The van der Waals surface area contributed by atoms with Crippen molar-refractivity contribution in [2.24, 2.45) is 22.2 Å². The molecule has 12 N–H and O–H groups in total. The lowest BCUT2D eigenvalue weighted by molar-refractivity contribution is -0.142. The number of nitrogens with one attached hydrogen (secondary N) is 5. The predicted octanol–water partition coefficient (Wildman–Crippen LogP) is -1.77. The van der Waals surface area contributed by atoms with E-state index in [1.54, 1.807) is 6.20 Å². The van der Waals surface area contributed by atoms with Crippen molar-refractivity contribution in [2.75, 3.05) is 13.1 Å². The monoisotopic (exact) mass is 554 g/mol. The molecule has 0 saturated carbocycles. The standard InChI is InChI=1S/C25H34N10O5/c26-10-21(36)33-18(6-3-7-30-25(27)28)22(37)34-19(9-15-12-29-13-32-15)23(38)35-20(24(39)40)8-14-11-31-17-5-2-1-4-16(14)17/h1-2,4-5,11-13,18-20,31H,3,6-10,26H2,(H,29,32)(H,33,36)(H,34,37)(H,35,38)(H,39,40)(H4,27,28,30). The highest BCUT2D eigenvalue weighted by Gasteiger charge is 2.30. The quantitative estimate of drug-likeness (QED) is 0.0584. The highest BCUT2D eigenvalue weighted by molar-refractivity contribution is 5.94. The number of benzene rings is 1.